The first kappa shape index (κ1) is 47.0. The molecule has 0 spiro atoms. The van der Waals surface area contributed by atoms with Gasteiger partial charge in [0.05, 0.1) is 14.4 Å². The number of Topliss-reactive ketones (excluding diaryl/α,β-unsaturated/α-hetero) is 1. The molecule has 0 radical (unpaired) electrons. The van der Waals surface area contributed by atoms with Crippen LogP contribution in [0.1, 0.15) is 0 Å². The van der Waals surface area contributed by atoms with E-state index in [4.69, 9.17) is 35.3 Å². The van der Waals surface area contributed by atoms with Gasteiger partial charge < -0.3 is 74.5 Å². The fourth-order valence-corrected chi connectivity index (χ4v) is 1.77. The summed E-state index contributed by atoms with van der Waals surface area (Å²) in [6.45, 7) is -1.69. The summed E-state index contributed by atoms with van der Waals surface area (Å²) in [7, 11) is -10.7. The van der Waals surface area contributed by atoms with Crippen molar-refractivity contribution in [3.05, 3.63) is 0 Å². The Morgan fingerprint density at radius 3 is 1.50 bits per heavy atom. The molecule has 26 heavy (non-hydrogen) atoms. The molecular formula is C6H14Cl2MgNa2O13P2. The Bertz CT molecular complexity index is 403. The van der Waals surface area contributed by atoms with Gasteiger partial charge in [-0.25, -0.2) is 4.57 Å². The Morgan fingerprint density at radius 1 is 1.00 bits per heavy atom. The van der Waals surface area contributed by atoms with E-state index in [1.807, 2.05) is 0 Å². The van der Waals surface area contributed by atoms with Crippen LogP contribution in [-0.2, 0) is 18.2 Å². The van der Waals surface area contributed by atoms with Crippen LogP contribution in [-0.4, -0.2) is 95.7 Å². The van der Waals surface area contributed by atoms with Gasteiger partial charge >= 0.3 is 90.0 Å². The average Bonchev–Trinajstić information content (AvgIpc) is 2.31. The van der Waals surface area contributed by atoms with Crippen LogP contribution in [0.2, 0.25) is 0 Å². The number of aliphatic hydroxyl groups is 5. The Balaban J connectivity index is -0.0000000477. The van der Waals surface area contributed by atoms with E-state index in [1.54, 1.807) is 0 Å². The third-order valence-corrected chi connectivity index (χ3v) is 3.25. The van der Waals surface area contributed by atoms with Gasteiger partial charge in [-0.05, 0) is 0 Å². The first-order valence-electron chi connectivity index (χ1n) is 4.82. The zero-order valence-electron chi connectivity index (χ0n) is 13.6. The molecule has 20 heteroatoms. The second-order valence-corrected chi connectivity index (χ2v) is 5.86. The molecule has 0 aromatic rings. The van der Waals surface area contributed by atoms with Crippen molar-refractivity contribution in [2.24, 2.45) is 0 Å². The Hall–Kier alpha value is 3.08. The zero-order chi connectivity index (χ0) is 17.4. The smallest absolute Gasteiger partial charge is 1.00 e. The third-order valence-electron chi connectivity index (χ3n) is 1.60. The molecule has 0 aromatic carbocycles. The molecule has 0 saturated heterocycles. The van der Waals surface area contributed by atoms with Crippen molar-refractivity contribution < 1.29 is 147 Å². The average molecular weight is 497 g/mol. The summed E-state index contributed by atoms with van der Waals surface area (Å²) in [5, 5.41) is 43.1. The summed E-state index contributed by atoms with van der Waals surface area (Å²) in [6.07, 6.45) is -5.22. The van der Waals surface area contributed by atoms with E-state index in [0.717, 1.165) is 0 Å². The SMILES string of the molecule is O=C(CO)C(O)C(O)C(O)CO.O=P([O-])([O-])OP(=O)(O)O.[Cl-].[Cl-].[Mg+2].[Na+].[Na+]. The van der Waals surface area contributed by atoms with Gasteiger partial charge in [0.2, 0.25) is 0 Å². The maximum absolute atomic E-state index is 10.5. The fraction of sp³-hybridized carbons (Fsp3) is 0.833. The normalized spacial score (nSPS) is 13.3. The number of hydrogen-bond donors (Lipinski definition) is 7. The van der Waals surface area contributed by atoms with Crippen molar-refractivity contribution in [2.45, 2.75) is 18.3 Å². The summed E-state index contributed by atoms with van der Waals surface area (Å²) in [6, 6.07) is 0. The molecule has 7 N–H and O–H groups in total. The number of ketones is 1. The van der Waals surface area contributed by atoms with Crippen LogP contribution < -0.4 is 93.7 Å². The molecule has 0 saturated carbocycles. The van der Waals surface area contributed by atoms with Gasteiger partial charge in [-0.3, -0.25) is 9.11 Å². The molecule has 0 aromatic heterocycles. The summed E-state index contributed by atoms with van der Waals surface area (Å²) < 4.78 is 21.7. The molecule has 3 unspecified atom stereocenters. The minimum atomic E-state index is -5.55. The molecule has 0 fully saturated rings. The van der Waals surface area contributed by atoms with Crippen LogP contribution in [0.5, 0.6) is 0 Å². The molecule has 13 nitrogen and oxygen atoms in total. The minimum absolute atomic E-state index is 0. The minimum Gasteiger partial charge on any atom is -1.00 e. The number of rotatable bonds is 7. The molecule has 0 aliphatic heterocycles. The summed E-state index contributed by atoms with van der Waals surface area (Å²) >= 11 is 0. The predicted molar refractivity (Wildman–Crippen MR) is 63.7 cm³/mol. The van der Waals surface area contributed by atoms with Crippen LogP contribution >= 0.6 is 15.6 Å². The van der Waals surface area contributed by atoms with E-state index in [2.05, 4.69) is 4.31 Å². The maximum atomic E-state index is 10.5. The topological polar surface area (TPSA) is 248 Å². The maximum Gasteiger partial charge on any atom is 2.00 e. The zero-order valence-corrected chi connectivity index (χ0v) is 22.3. The number of carbonyl (C=O) groups excluding carboxylic acids is 1. The Kier molecular flexibility index (Phi) is 41.2. The second-order valence-electron chi connectivity index (χ2n) is 3.33. The van der Waals surface area contributed by atoms with Crippen molar-refractivity contribution >= 4 is 44.5 Å². The summed E-state index contributed by atoms with van der Waals surface area (Å²) in [5.41, 5.74) is 0. The number of hydrogen-bond acceptors (Lipinski definition) is 11. The van der Waals surface area contributed by atoms with Crippen molar-refractivity contribution in [1.82, 2.24) is 0 Å². The first-order chi connectivity index (χ1) is 9.25. The van der Waals surface area contributed by atoms with E-state index < -0.39 is 53.0 Å². The van der Waals surface area contributed by atoms with Crippen LogP contribution in [0.4, 0.5) is 0 Å². The number of phosphoric acid groups is 2. The molecule has 144 valence electrons. The van der Waals surface area contributed by atoms with Crippen LogP contribution in [0, 0.1) is 0 Å². The number of carbonyl (C=O) groups is 1. The summed E-state index contributed by atoms with van der Waals surface area (Å²) in [4.78, 5) is 44.7. The van der Waals surface area contributed by atoms with Crippen LogP contribution in [0.15, 0.2) is 0 Å². The molecule has 0 heterocycles. The molecular weight excluding hydrogens is 483 g/mol. The van der Waals surface area contributed by atoms with Gasteiger partial charge in [0, 0.05) is 0 Å². The van der Waals surface area contributed by atoms with E-state index in [-0.39, 0.29) is 107 Å². The number of halogens is 2. The monoisotopic (exact) mass is 496 g/mol. The molecule has 0 amide bonds. The summed E-state index contributed by atoms with van der Waals surface area (Å²) in [5.74, 6) is -1.00. The van der Waals surface area contributed by atoms with E-state index in [0.29, 0.717) is 0 Å². The van der Waals surface area contributed by atoms with Crippen molar-refractivity contribution in [2.75, 3.05) is 13.2 Å². The van der Waals surface area contributed by atoms with E-state index in [1.165, 1.54) is 0 Å². The standard InChI is InChI=1S/C6H12O6.2ClH.Mg.2Na.H4O7P2/c7-1-3(9)5(11)6(12)4(10)2-8;;;;;;1-8(2,3)7-9(4,5)6/h3,5-9,11-12H,1-2H2;2*1H;;;;(H2,1,2,3)(H2,4,5,6)/q;;;+2;2*+1;/p-4. The Morgan fingerprint density at radius 2 is 1.35 bits per heavy atom. The molecule has 3 atom stereocenters. The van der Waals surface area contributed by atoms with Crippen molar-refractivity contribution in [3.8, 4) is 0 Å². The molecule has 0 aliphatic rings. The van der Waals surface area contributed by atoms with Gasteiger partial charge in [0.1, 0.15) is 24.9 Å². The molecule has 0 bridgehead atoms. The predicted octanol–water partition coefficient (Wildman–Crippen LogP) is -17.8. The fourth-order valence-electron chi connectivity index (χ4n) is 0.733. The van der Waals surface area contributed by atoms with Gasteiger partial charge in [0.15, 0.2) is 5.78 Å². The van der Waals surface area contributed by atoms with Gasteiger partial charge in [0.25, 0.3) is 0 Å². The van der Waals surface area contributed by atoms with Crippen molar-refractivity contribution in [1.29, 1.82) is 0 Å². The number of aliphatic hydroxyl groups excluding tert-OH is 5. The third kappa shape index (κ3) is 29.3. The van der Waals surface area contributed by atoms with Gasteiger partial charge in [-0.1, -0.05) is 0 Å². The Labute approximate surface area is 220 Å². The van der Waals surface area contributed by atoms with Gasteiger partial charge in [-0.2, -0.15) is 0 Å². The quantitative estimate of drug-likeness (QED) is 0.128. The van der Waals surface area contributed by atoms with Gasteiger partial charge in [-0.15, -0.1) is 0 Å². The van der Waals surface area contributed by atoms with Crippen LogP contribution in [0.25, 0.3) is 0 Å². The first-order valence-corrected chi connectivity index (χ1v) is 7.81. The van der Waals surface area contributed by atoms with Crippen molar-refractivity contribution in [3.63, 3.8) is 0 Å². The molecule has 0 aliphatic carbocycles. The van der Waals surface area contributed by atoms with E-state index >= 15 is 0 Å². The largest absolute Gasteiger partial charge is 2.00 e. The molecule has 0 rings (SSSR count). The van der Waals surface area contributed by atoms with Crippen LogP contribution in [0.3, 0.4) is 0 Å². The second kappa shape index (κ2) is 22.8. The van der Waals surface area contributed by atoms with E-state index in [9.17, 15) is 23.7 Å².